The summed E-state index contributed by atoms with van der Waals surface area (Å²) in [4.78, 5) is 14.3. The molecule has 3 fully saturated rings. The molecular formula is C27H37N7O. The summed E-state index contributed by atoms with van der Waals surface area (Å²) >= 11 is 0. The Morgan fingerprint density at radius 2 is 1.97 bits per heavy atom. The van der Waals surface area contributed by atoms with Gasteiger partial charge in [0.1, 0.15) is 23.5 Å². The van der Waals surface area contributed by atoms with Crippen LogP contribution in [-0.4, -0.2) is 76.0 Å². The number of benzene rings is 1. The zero-order chi connectivity index (χ0) is 23.8. The minimum atomic E-state index is -0.00783. The van der Waals surface area contributed by atoms with Crippen molar-refractivity contribution in [3.05, 3.63) is 30.6 Å². The topological polar surface area (TPSA) is 82.2 Å². The van der Waals surface area contributed by atoms with Crippen molar-refractivity contribution < 1.29 is 4.74 Å². The van der Waals surface area contributed by atoms with E-state index in [4.69, 9.17) is 4.74 Å². The van der Waals surface area contributed by atoms with E-state index in [1.165, 1.54) is 38.9 Å². The Morgan fingerprint density at radius 1 is 1.11 bits per heavy atom. The van der Waals surface area contributed by atoms with Gasteiger partial charge in [0.25, 0.3) is 0 Å². The van der Waals surface area contributed by atoms with Gasteiger partial charge in [-0.05, 0) is 89.7 Å². The van der Waals surface area contributed by atoms with E-state index in [0.717, 1.165) is 72.3 Å². The summed E-state index contributed by atoms with van der Waals surface area (Å²) in [6, 6.07) is 8.72. The van der Waals surface area contributed by atoms with Gasteiger partial charge in [-0.25, -0.2) is 9.97 Å². The summed E-state index contributed by atoms with van der Waals surface area (Å²) in [7, 11) is 0. The molecular weight excluding hydrogens is 438 g/mol. The highest BCUT2D eigenvalue weighted by molar-refractivity contribution is 5.93. The van der Waals surface area contributed by atoms with E-state index in [0.29, 0.717) is 6.04 Å². The number of ether oxygens (including phenoxy) is 1. The third-order valence-electron chi connectivity index (χ3n) is 8.13. The molecule has 2 aromatic heterocycles. The first-order chi connectivity index (χ1) is 17.1. The lowest BCUT2D eigenvalue weighted by Gasteiger charge is -2.41. The molecule has 6 rings (SSSR count). The van der Waals surface area contributed by atoms with Crippen LogP contribution in [-0.2, 0) is 0 Å². The van der Waals surface area contributed by atoms with E-state index in [2.05, 4.69) is 61.3 Å². The predicted molar refractivity (Wildman–Crippen MR) is 139 cm³/mol. The predicted octanol–water partition coefficient (Wildman–Crippen LogP) is 3.85. The number of H-pyrrole nitrogens is 1. The maximum Gasteiger partial charge on any atom is 0.132 e. The maximum absolute atomic E-state index is 6.19. The minimum Gasteiger partial charge on any atom is -0.488 e. The Hall–Kier alpha value is -2.71. The number of nitrogens with zero attached hydrogens (tertiary/aromatic N) is 5. The fourth-order valence-electron chi connectivity index (χ4n) is 5.52. The van der Waals surface area contributed by atoms with Crippen LogP contribution in [0.3, 0.4) is 0 Å². The zero-order valence-corrected chi connectivity index (χ0v) is 21.0. The first-order valence-electron chi connectivity index (χ1n) is 13.3. The van der Waals surface area contributed by atoms with E-state index < -0.39 is 0 Å². The molecule has 0 unspecified atom stereocenters. The molecule has 0 radical (unpaired) electrons. The molecule has 0 amide bonds. The molecule has 1 aliphatic carbocycles. The first kappa shape index (κ1) is 22.7. The van der Waals surface area contributed by atoms with Crippen molar-refractivity contribution in [3.8, 4) is 17.1 Å². The zero-order valence-electron chi connectivity index (χ0n) is 21.0. The number of hydrogen-bond donors (Lipinski definition) is 2. The van der Waals surface area contributed by atoms with Crippen molar-refractivity contribution >= 4 is 16.7 Å². The van der Waals surface area contributed by atoms with Crippen LogP contribution in [0.25, 0.3) is 22.3 Å². The maximum atomic E-state index is 6.19. The van der Waals surface area contributed by atoms with Gasteiger partial charge in [0.05, 0.1) is 16.9 Å². The summed E-state index contributed by atoms with van der Waals surface area (Å²) in [5.41, 5.74) is 2.70. The van der Waals surface area contributed by atoms with Gasteiger partial charge in [-0.2, -0.15) is 5.10 Å². The number of piperidine rings is 1. The Labute approximate surface area is 207 Å². The number of piperazine rings is 1. The van der Waals surface area contributed by atoms with E-state index in [9.17, 15) is 0 Å². The molecule has 8 nitrogen and oxygen atoms in total. The Bertz CT molecular complexity index is 1170. The van der Waals surface area contributed by atoms with Gasteiger partial charge >= 0.3 is 0 Å². The number of aromatic amines is 1. The largest absolute Gasteiger partial charge is 0.488 e. The summed E-state index contributed by atoms with van der Waals surface area (Å²) in [6.45, 7) is 11.2. The average molecular weight is 476 g/mol. The number of anilines is 1. The Kier molecular flexibility index (Phi) is 6.10. The monoisotopic (exact) mass is 475 g/mol. The molecule has 1 aromatic carbocycles. The SMILES string of the molecule is C[C@H]1CN(c2cc(-c3[nH]nc4ccc(OC5(C)CC5)cc34)ncn2)CCN1CCC1CCNCC1. The number of fused-ring (bicyclic) bond motifs is 1. The lowest BCUT2D eigenvalue weighted by atomic mass is 9.94. The molecule has 186 valence electrons. The number of hydrogen-bond acceptors (Lipinski definition) is 7. The molecule has 0 bridgehead atoms. The normalized spacial score (nSPS) is 23.0. The van der Waals surface area contributed by atoms with Crippen molar-refractivity contribution in [3.63, 3.8) is 0 Å². The van der Waals surface area contributed by atoms with Crippen LogP contribution < -0.4 is 15.0 Å². The molecule has 3 aromatic rings. The summed E-state index contributed by atoms with van der Waals surface area (Å²) in [6.07, 6.45) is 7.88. The summed E-state index contributed by atoms with van der Waals surface area (Å²) in [5, 5.41) is 12.2. The molecule has 3 aliphatic rings. The molecule has 8 heteroatoms. The highest BCUT2D eigenvalue weighted by atomic mass is 16.5. The highest BCUT2D eigenvalue weighted by Gasteiger charge is 2.40. The van der Waals surface area contributed by atoms with Crippen molar-refractivity contribution in [2.24, 2.45) is 5.92 Å². The third-order valence-corrected chi connectivity index (χ3v) is 8.13. The lowest BCUT2D eigenvalue weighted by molar-refractivity contribution is 0.170. The van der Waals surface area contributed by atoms with Gasteiger partial charge in [-0.1, -0.05) is 0 Å². The van der Waals surface area contributed by atoms with Gasteiger partial charge in [0.2, 0.25) is 0 Å². The van der Waals surface area contributed by atoms with Gasteiger partial charge in [-0.15, -0.1) is 0 Å². The van der Waals surface area contributed by atoms with Crippen LogP contribution in [0.5, 0.6) is 5.75 Å². The van der Waals surface area contributed by atoms with Crippen LogP contribution in [0, 0.1) is 5.92 Å². The molecule has 0 spiro atoms. The van der Waals surface area contributed by atoms with Crippen LogP contribution in [0.15, 0.2) is 30.6 Å². The molecule has 2 aliphatic heterocycles. The first-order valence-corrected chi connectivity index (χ1v) is 13.3. The van der Waals surface area contributed by atoms with Crippen LogP contribution in [0.1, 0.15) is 46.0 Å². The average Bonchev–Trinajstić information content (AvgIpc) is 3.45. The number of nitrogens with one attached hydrogen (secondary N) is 2. The molecule has 1 saturated carbocycles. The van der Waals surface area contributed by atoms with Crippen molar-refractivity contribution in [1.29, 1.82) is 0 Å². The fraction of sp³-hybridized carbons (Fsp3) is 0.593. The quantitative estimate of drug-likeness (QED) is 0.537. The van der Waals surface area contributed by atoms with Crippen molar-refractivity contribution in [2.75, 3.05) is 44.2 Å². The van der Waals surface area contributed by atoms with Crippen LogP contribution in [0.2, 0.25) is 0 Å². The summed E-state index contributed by atoms with van der Waals surface area (Å²) in [5.74, 6) is 2.76. The van der Waals surface area contributed by atoms with E-state index >= 15 is 0 Å². The van der Waals surface area contributed by atoms with Crippen molar-refractivity contribution in [1.82, 2.24) is 30.4 Å². The minimum absolute atomic E-state index is 0.00783. The smallest absolute Gasteiger partial charge is 0.132 e. The fourth-order valence-corrected chi connectivity index (χ4v) is 5.52. The van der Waals surface area contributed by atoms with Crippen LogP contribution >= 0.6 is 0 Å². The molecule has 2 N–H and O–H groups in total. The van der Waals surface area contributed by atoms with E-state index in [1.807, 2.05) is 12.1 Å². The number of aromatic nitrogens is 4. The van der Waals surface area contributed by atoms with Gasteiger partial charge < -0.3 is 15.0 Å². The molecule has 1 atom stereocenters. The number of rotatable bonds is 7. The molecule has 4 heterocycles. The molecule has 35 heavy (non-hydrogen) atoms. The van der Waals surface area contributed by atoms with Gasteiger partial charge in [-0.3, -0.25) is 10.00 Å². The second-order valence-corrected chi connectivity index (χ2v) is 10.9. The van der Waals surface area contributed by atoms with Crippen LogP contribution in [0.4, 0.5) is 5.82 Å². The summed E-state index contributed by atoms with van der Waals surface area (Å²) < 4.78 is 6.19. The van der Waals surface area contributed by atoms with E-state index in [1.54, 1.807) is 6.33 Å². The van der Waals surface area contributed by atoms with E-state index in [-0.39, 0.29) is 5.60 Å². The Morgan fingerprint density at radius 3 is 2.77 bits per heavy atom. The second-order valence-electron chi connectivity index (χ2n) is 10.9. The Balaban J connectivity index is 1.14. The lowest BCUT2D eigenvalue weighted by Crippen LogP contribution is -2.52. The van der Waals surface area contributed by atoms with Crippen molar-refractivity contribution in [2.45, 2.75) is 57.6 Å². The highest BCUT2D eigenvalue weighted by Crippen LogP contribution is 2.40. The second kappa shape index (κ2) is 9.39. The van der Waals surface area contributed by atoms with Gasteiger partial charge in [0, 0.05) is 37.1 Å². The van der Waals surface area contributed by atoms with Gasteiger partial charge in [0.15, 0.2) is 0 Å². The molecule has 2 saturated heterocycles. The third kappa shape index (κ3) is 5.00. The standard InChI is InChI=1S/C27H37N7O/c1-19-17-34(14-13-33(19)12-7-20-5-10-28-11-6-20)25-16-24(29-18-30-25)26-22-15-21(35-27(2)8-9-27)3-4-23(22)31-32-26/h3-4,15-16,18-20,28H,5-14,17H2,1-2H3,(H,31,32)/t19-/m0/s1.